The van der Waals surface area contributed by atoms with E-state index in [4.69, 9.17) is 0 Å². The van der Waals surface area contributed by atoms with Crippen molar-refractivity contribution in [3.05, 3.63) is 101 Å². The zero-order chi connectivity index (χ0) is 24.2. The molecule has 0 atom stereocenters. The second-order valence-electron chi connectivity index (χ2n) is 8.65. The monoisotopic (exact) mass is 459 g/mol. The van der Waals surface area contributed by atoms with E-state index in [0.29, 0.717) is 17.2 Å². The van der Waals surface area contributed by atoms with Crippen molar-refractivity contribution in [3.63, 3.8) is 0 Å². The normalized spacial score (nSPS) is 12.0. The van der Waals surface area contributed by atoms with E-state index >= 15 is 0 Å². The lowest BCUT2D eigenvalue weighted by molar-refractivity contribution is -0.616. The Bertz CT molecular complexity index is 1590. The molecule has 0 saturated heterocycles. The second kappa shape index (κ2) is 7.90. The number of halogens is 3. The summed E-state index contributed by atoms with van der Waals surface area (Å²) in [7, 11) is 0. The van der Waals surface area contributed by atoms with Crippen molar-refractivity contribution >= 4 is 21.7 Å². The highest BCUT2D eigenvalue weighted by Gasteiger charge is 2.36. The number of para-hydroxylation sites is 1. The van der Waals surface area contributed by atoms with Gasteiger partial charge in [-0.3, -0.25) is 0 Å². The smallest absolute Gasteiger partial charge is 0.197 e. The van der Waals surface area contributed by atoms with E-state index in [0.717, 1.165) is 38.6 Å². The molecular formula is C28H24F3N3+2. The summed E-state index contributed by atoms with van der Waals surface area (Å²) in [5.41, 5.74) is 3.52. The number of fused-ring (bicyclic) bond motifs is 2. The van der Waals surface area contributed by atoms with E-state index in [-0.39, 0.29) is 0 Å². The van der Waals surface area contributed by atoms with Crippen molar-refractivity contribution in [3.8, 4) is 11.4 Å². The molecule has 6 heteroatoms. The molecule has 3 aromatic carbocycles. The average molecular weight is 460 g/mol. The molecule has 5 rings (SSSR count). The zero-order valence-electron chi connectivity index (χ0n) is 19.4. The number of alkyl halides is 3. The van der Waals surface area contributed by atoms with Crippen molar-refractivity contribution in [2.75, 3.05) is 0 Å². The number of hydrogen-bond donors (Lipinski definition) is 0. The first-order valence-electron chi connectivity index (χ1n) is 11.1. The van der Waals surface area contributed by atoms with Crippen LogP contribution >= 0.6 is 0 Å². The largest absolute Gasteiger partial charge is 0.416 e. The average Bonchev–Trinajstić information content (AvgIpc) is 2.79. The lowest BCUT2D eigenvalue weighted by atomic mass is 10.0. The fourth-order valence-electron chi connectivity index (χ4n) is 4.70. The molecular weight excluding hydrogens is 435 g/mol. The summed E-state index contributed by atoms with van der Waals surface area (Å²) < 4.78 is 45.9. The van der Waals surface area contributed by atoms with Crippen LogP contribution in [0.4, 0.5) is 13.2 Å². The van der Waals surface area contributed by atoms with Crippen LogP contribution < -0.4 is 9.13 Å². The highest BCUT2D eigenvalue weighted by atomic mass is 19.4. The molecule has 0 fully saturated rings. The topological polar surface area (TPSA) is 20.6 Å². The van der Waals surface area contributed by atoms with Crippen LogP contribution in [-0.4, -0.2) is 4.98 Å². The maximum absolute atomic E-state index is 14.1. The Hall–Kier alpha value is -3.80. The summed E-state index contributed by atoms with van der Waals surface area (Å²) in [5.74, 6) is 0.629. The number of nitrogens with zero attached hydrogens (tertiary/aromatic N) is 3. The Labute approximate surface area is 195 Å². The van der Waals surface area contributed by atoms with Gasteiger partial charge in [-0.25, -0.2) is 0 Å². The predicted molar refractivity (Wildman–Crippen MR) is 126 cm³/mol. The van der Waals surface area contributed by atoms with Crippen LogP contribution in [0.15, 0.2) is 72.9 Å². The van der Waals surface area contributed by atoms with Crippen LogP contribution in [0, 0.1) is 27.7 Å². The van der Waals surface area contributed by atoms with Crippen molar-refractivity contribution in [2.24, 2.45) is 0 Å². The Morgan fingerprint density at radius 1 is 0.765 bits per heavy atom. The van der Waals surface area contributed by atoms with Gasteiger partial charge in [0.25, 0.3) is 0 Å². The lowest BCUT2D eigenvalue weighted by Gasteiger charge is -2.15. The second-order valence-corrected chi connectivity index (χ2v) is 8.65. The molecule has 5 aromatic rings. The van der Waals surface area contributed by atoms with E-state index in [1.807, 2.05) is 97.6 Å². The van der Waals surface area contributed by atoms with Gasteiger partial charge < -0.3 is 0 Å². The number of aromatic nitrogens is 3. The quantitative estimate of drug-likeness (QED) is 0.288. The third-order valence-corrected chi connectivity index (χ3v) is 6.42. The highest BCUT2D eigenvalue weighted by molar-refractivity contribution is 5.81. The summed E-state index contributed by atoms with van der Waals surface area (Å²) >= 11 is 0. The molecule has 0 bridgehead atoms. The van der Waals surface area contributed by atoms with E-state index < -0.39 is 11.7 Å². The standard InChI is InChI=1S/C28H24F3N3/c1-17-13-21-9-5-6-10-22(21)16-33(17)26-14-23(28(29,30)31)15-27(18(26)2)34-19(3)24-11-7-8-12-25(24)32-20(34)4/h5-16H,1-4H3/q+2. The minimum absolute atomic E-state index is 0.470. The molecule has 0 unspecified atom stereocenters. The highest BCUT2D eigenvalue weighted by Crippen LogP contribution is 2.33. The zero-order valence-corrected chi connectivity index (χ0v) is 19.4. The van der Waals surface area contributed by atoms with E-state index in [1.165, 1.54) is 12.1 Å². The maximum Gasteiger partial charge on any atom is 0.416 e. The Balaban J connectivity index is 1.86. The van der Waals surface area contributed by atoms with Gasteiger partial charge in [0.1, 0.15) is 11.4 Å². The van der Waals surface area contributed by atoms with Gasteiger partial charge in [-0.2, -0.15) is 22.3 Å². The molecule has 0 amide bonds. The van der Waals surface area contributed by atoms with Crippen molar-refractivity contribution < 1.29 is 22.3 Å². The molecule has 2 heterocycles. The minimum Gasteiger partial charge on any atom is -0.197 e. The van der Waals surface area contributed by atoms with Crippen LogP contribution in [0.25, 0.3) is 33.1 Å². The number of benzene rings is 3. The first kappa shape index (κ1) is 22.0. The van der Waals surface area contributed by atoms with Crippen LogP contribution in [0.5, 0.6) is 0 Å². The molecule has 0 aliphatic heterocycles. The van der Waals surface area contributed by atoms with E-state index in [2.05, 4.69) is 4.98 Å². The fraction of sp³-hybridized carbons (Fsp3) is 0.179. The molecule has 0 spiro atoms. The Morgan fingerprint density at radius 2 is 1.41 bits per heavy atom. The van der Waals surface area contributed by atoms with Crippen LogP contribution in [-0.2, 0) is 6.18 Å². The van der Waals surface area contributed by atoms with Crippen molar-refractivity contribution in [1.82, 2.24) is 4.98 Å². The first-order chi connectivity index (χ1) is 16.1. The lowest BCUT2D eigenvalue weighted by Crippen LogP contribution is -2.42. The first-order valence-corrected chi connectivity index (χ1v) is 11.1. The summed E-state index contributed by atoms with van der Waals surface area (Å²) in [6, 6.07) is 20.0. The van der Waals surface area contributed by atoms with Gasteiger partial charge in [0.15, 0.2) is 17.4 Å². The third-order valence-electron chi connectivity index (χ3n) is 6.42. The van der Waals surface area contributed by atoms with Gasteiger partial charge in [0, 0.05) is 31.4 Å². The van der Waals surface area contributed by atoms with Crippen LogP contribution in [0.3, 0.4) is 0 Å². The number of pyridine rings is 1. The molecule has 0 aliphatic rings. The summed E-state index contributed by atoms with van der Waals surface area (Å²) in [4.78, 5) is 4.68. The molecule has 0 radical (unpaired) electrons. The van der Waals surface area contributed by atoms with Gasteiger partial charge in [-0.15, -0.1) is 0 Å². The summed E-state index contributed by atoms with van der Waals surface area (Å²) in [6.45, 7) is 7.53. The van der Waals surface area contributed by atoms with E-state index in [9.17, 15) is 13.2 Å². The van der Waals surface area contributed by atoms with Gasteiger partial charge in [0.05, 0.1) is 16.5 Å². The van der Waals surface area contributed by atoms with Crippen molar-refractivity contribution in [1.29, 1.82) is 0 Å². The molecule has 34 heavy (non-hydrogen) atoms. The van der Waals surface area contributed by atoms with Gasteiger partial charge in [0.2, 0.25) is 5.69 Å². The molecule has 2 aromatic heterocycles. The SMILES string of the molecule is Cc1c(-[n+]2cc3ccccc3cc2C)cc(C(F)(F)F)cc1-[n+]1c(C)nc2ccccc2c1C. The number of hydrogen-bond acceptors (Lipinski definition) is 1. The summed E-state index contributed by atoms with van der Waals surface area (Å²) in [5, 5.41) is 2.90. The third kappa shape index (κ3) is 3.59. The molecule has 0 saturated carbocycles. The van der Waals surface area contributed by atoms with Gasteiger partial charge >= 0.3 is 12.0 Å². The van der Waals surface area contributed by atoms with Gasteiger partial charge in [-0.05, 0) is 48.5 Å². The maximum atomic E-state index is 14.1. The molecule has 170 valence electrons. The molecule has 3 nitrogen and oxygen atoms in total. The Morgan fingerprint density at radius 3 is 2.15 bits per heavy atom. The summed E-state index contributed by atoms with van der Waals surface area (Å²) in [6.07, 6.45) is -2.59. The Kier molecular flexibility index (Phi) is 5.12. The van der Waals surface area contributed by atoms with Gasteiger partial charge in [-0.1, -0.05) is 30.3 Å². The van der Waals surface area contributed by atoms with Crippen LogP contribution in [0.1, 0.15) is 28.3 Å². The predicted octanol–water partition coefficient (Wildman–Crippen LogP) is 6.19. The van der Waals surface area contributed by atoms with E-state index in [1.54, 1.807) is 0 Å². The minimum atomic E-state index is -4.49. The van der Waals surface area contributed by atoms with Crippen LogP contribution in [0.2, 0.25) is 0 Å². The van der Waals surface area contributed by atoms with Crippen molar-refractivity contribution in [2.45, 2.75) is 33.9 Å². The number of rotatable bonds is 2. The molecule has 0 N–H and O–H groups in total. The fourth-order valence-corrected chi connectivity index (χ4v) is 4.70. The number of aryl methyl sites for hydroxylation is 3. The molecule has 0 aliphatic carbocycles.